The van der Waals surface area contributed by atoms with Gasteiger partial charge in [0.25, 0.3) is 5.97 Å². The largest absolute Gasteiger partial charge is 0.481 e. The molecule has 0 unspecified atom stereocenters. The molecule has 1 aliphatic rings. The van der Waals surface area contributed by atoms with Crippen molar-refractivity contribution in [3.8, 4) is 0 Å². The molecule has 90 valence electrons. The van der Waals surface area contributed by atoms with Crippen molar-refractivity contribution in [3.63, 3.8) is 0 Å². The maximum absolute atomic E-state index is 9.80. The molecule has 0 aliphatic carbocycles. The molecule has 4 nitrogen and oxygen atoms in total. The molecular weight excluding hydrogens is 194 g/mol. The van der Waals surface area contributed by atoms with Gasteiger partial charge in [0.1, 0.15) is 0 Å². The molecule has 0 spiro atoms. The Kier molecular flexibility index (Phi) is 4.74. The molecule has 1 saturated heterocycles. The standard InChI is InChI=1S/C9H19NO.C2H4O2/c1-8(2)6-5-7-9(3,4)10(8)11;1-2(3)4/h11H,5-7H2,1-4H3;1H3,(H,3,4). The lowest BCUT2D eigenvalue weighted by molar-refractivity contribution is -0.241. The van der Waals surface area contributed by atoms with Crippen LogP contribution < -0.4 is 0 Å². The third-order valence-electron chi connectivity index (χ3n) is 2.72. The number of nitrogens with zero attached hydrogens (tertiary/aromatic N) is 1. The predicted octanol–water partition coefficient (Wildman–Crippen LogP) is 2.51. The van der Waals surface area contributed by atoms with E-state index < -0.39 is 5.97 Å². The zero-order chi connectivity index (χ0) is 12.3. The van der Waals surface area contributed by atoms with Crippen molar-refractivity contribution in [2.75, 3.05) is 0 Å². The van der Waals surface area contributed by atoms with E-state index in [9.17, 15) is 5.21 Å². The number of hydrogen-bond donors (Lipinski definition) is 2. The number of aliphatic carboxylic acids is 1. The van der Waals surface area contributed by atoms with Crippen molar-refractivity contribution in [1.82, 2.24) is 5.06 Å². The summed E-state index contributed by atoms with van der Waals surface area (Å²) in [5.41, 5.74) is -0.0799. The molecule has 15 heavy (non-hydrogen) atoms. The Balaban J connectivity index is 0.000000423. The van der Waals surface area contributed by atoms with Crippen LogP contribution in [0.25, 0.3) is 0 Å². The van der Waals surface area contributed by atoms with Crippen LogP contribution in [0.3, 0.4) is 0 Å². The van der Waals surface area contributed by atoms with Gasteiger partial charge >= 0.3 is 0 Å². The second kappa shape index (κ2) is 4.94. The van der Waals surface area contributed by atoms with Crippen molar-refractivity contribution in [3.05, 3.63) is 0 Å². The van der Waals surface area contributed by atoms with Gasteiger partial charge in [0.05, 0.1) is 0 Å². The van der Waals surface area contributed by atoms with Crippen molar-refractivity contribution in [2.24, 2.45) is 0 Å². The monoisotopic (exact) mass is 217 g/mol. The first-order valence-electron chi connectivity index (χ1n) is 5.28. The quantitative estimate of drug-likeness (QED) is 0.654. The molecule has 0 aromatic carbocycles. The number of piperidine rings is 1. The fraction of sp³-hybridized carbons (Fsp3) is 0.909. The highest BCUT2D eigenvalue weighted by Gasteiger charge is 2.40. The Labute approximate surface area is 91.9 Å². The van der Waals surface area contributed by atoms with Crippen LogP contribution in [0.2, 0.25) is 0 Å². The highest BCUT2D eigenvalue weighted by molar-refractivity contribution is 5.62. The fourth-order valence-electron chi connectivity index (χ4n) is 1.98. The molecule has 0 saturated carbocycles. The Morgan fingerprint density at radius 1 is 1.13 bits per heavy atom. The van der Waals surface area contributed by atoms with Gasteiger partial charge in [-0.3, -0.25) is 4.79 Å². The van der Waals surface area contributed by atoms with Crippen molar-refractivity contribution in [2.45, 2.75) is 65.0 Å². The van der Waals surface area contributed by atoms with Crippen molar-refractivity contribution < 1.29 is 15.1 Å². The summed E-state index contributed by atoms with van der Waals surface area (Å²) in [5, 5.41) is 18.7. The third-order valence-corrected chi connectivity index (χ3v) is 2.72. The molecule has 4 heteroatoms. The molecule has 1 rings (SSSR count). The van der Waals surface area contributed by atoms with Gasteiger partial charge < -0.3 is 10.3 Å². The molecule has 0 radical (unpaired) electrons. The second-order valence-electron chi connectivity index (χ2n) is 5.31. The van der Waals surface area contributed by atoms with E-state index in [0.29, 0.717) is 0 Å². The van der Waals surface area contributed by atoms with Gasteiger partial charge in [-0.2, -0.15) is 5.06 Å². The summed E-state index contributed by atoms with van der Waals surface area (Å²) in [6.45, 7) is 9.45. The van der Waals surface area contributed by atoms with Crippen LogP contribution in [0.5, 0.6) is 0 Å². The molecule has 0 bridgehead atoms. The minimum absolute atomic E-state index is 0.0399. The third kappa shape index (κ3) is 4.62. The van der Waals surface area contributed by atoms with E-state index in [1.807, 2.05) is 0 Å². The van der Waals surface area contributed by atoms with Gasteiger partial charge in [-0.1, -0.05) is 0 Å². The molecule has 1 aliphatic heterocycles. The molecular formula is C11H23NO3. The highest BCUT2D eigenvalue weighted by Crippen LogP contribution is 2.35. The van der Waals surface area contributed by atoms with Gasteiger partial charge in [0.15, 0.2) is 0 Å². The van der Waals surface area contributed by atoms with Crippen molar-refractivity contribution >= 4 is 5.97 Å². The van der Waals surface area contributed by atoms with Gasteiger partial charge in [-0.05, 0) is 47.0 Å². The Hall–Kier alpha value is -0.610. The average Bonchev–Trinajstić information content (AvgIpc) is 1.98. The van der Waals surface area contributed by atoms with E-state index >= 15 is 0 Å². The number of carbonyl (C=O) groups is 1. The first-order chi connectivity index (χ1) is 6.59. The van der Waals surface area contributed by atoms with Gasteiger partial charge in [0.2, 0.25) is 0 Å². The average molecular weight is 217 g/mol. The van der Waals surface area contributed by atoms with E-state index in [4.69, 9.17) is 9.90 Å². The van der Waals surface area contributed by atoms with Crippen LogP contribution in [0.4, 0.5) is 0 Å². The molecule has 0 atom stereocenters. The first-order valence-corrected chi connectivity index (χ1v) is 5.28. The molecule has 1 fully saturated rings. The smallest absolute Gasteiger partial charge is 0.300 e. The minimum Gasteiger partial charge on any atom is -0.481 e. The first kappa shape index (κ1) is 14.4. The number of rotatable bonds is 0. The summed E-state index contributed by atoms with van der Waals surface area (Å²) in [7, 11) is 0. The topological polar surface area (TPSA) is 60.8 Å². The van der Waals surface area contributed by atoms with Crippen LogP contribution >= 0.6 is 0 Å². The summed E-state index contributed by atoms with van der Waals surface area (Å²) >= 11 is 0. The molecule has 0 aromatic heterocycles. The number of carboxylic acid groups (broad SMARTS) is 1. The maximum Gasteiger partial charge on any atom is 0.300 e. The van der Waals surface area contributed by atoms with E-state index in [0.717, 1.165) is 19.8 Å². The molecule has 0 amide bonds. The number of carboxylic acids is 1. The molecule has 1 heterocycles. The van der Waals surface area contributed by atoms with Crippen LogP contribution in [-0.4, -0.2) is 32.4 Å². The van der Waals surface area contributed by atoms with Crippen LogP contribution in [0.1, 0.15) is 53.9 Å². The zero-order valence-corrected chi connectivity index (χ0v) is 10.4. The zero-order valence-electron chi connectivity index (χ0n) is 10.4. The SMILES string of the molecule is CC(=O)O.CC1(C)CCCC(C)(C)N1O. The van der Waals surface area contributed by atoms with Gasteiger partial charge in [-0.15, -0.1) is 0 Å². The van der Waals surface area contributed by atoms with Crippen molar-refractivity contribution in [1.29, 1.82) is 0 Å². The maximum atomic E-state index is 9.80. The molecule has 0 aromatic rings. The lowest BCUT2D eigenvalue weighted by Crippen LogP contribution is -2.56. The van der Waals surface area contributed by atoms with E-state index in [-0.39, 0.29) is 11.1 Å². The number of hydrogen-bond acceptors (Lipinski definition) is 3. The van der Waals surface area contributed by atoms with Crippen LogP contribution in [0, 0.1) is 0 Å². The minimum atomic E-state index is -0.833. The summed E-state index contributed by atoms with van der Waals surface area (Å²) in [5.74, 6) is -0.833. The number of hydroxylamine groups is 2. The Morgan fingerprint density at radius 3 is 1.60 bits per heavy atom. The molecule has 2 N–H and O–H groups in total. The Bertz CT molecular complexity index is 204. The highest BCUT2D eigenvalue weighted by atomic mass is 16.5. The second-order valence-corrected chi connectivity index (χ2v) is 5.31. The predicted molar refractivity (Wildman–Crippen MR) is 58.9 cm³/mol. The summed E-state index contributed by atoms with van der Waals surface area (Å²) in [6.07, 6.45) is 3.40. The van der Waals surface area contributed by atoms with Gasteiger partial charge in [0, 0.05) is 18.0 Å². The van der Waals surface area contributed by atoms with Crippen LogP contribution in [-0.2, 0) is 4.79 Å². The summed E-state index contributed by atoms with van der Waals surface area (Å²) in [6, 6.07) is 0. The van der Waals surface area contributed by atoms with E-state index in [1.165, 1.54) is 11.5 Å². The summed E-state index contributed by atoms with van der Waals surface area (Å²) in [4.78, 5) is 9.00. The van der Waals surface area contributed by atoms with Crippen LogP contribution in [0.15, 0.2) is 0 Å². The fourth-order valence-corrected chi connectivity index (χ4v) is 1.98. The Morgan fingerprint density at radius 2 is 1.40 bits per heavy atom. The normalized spacial score (nSPS) is 23.9. The van der Waals surface area contributed by atoms with Gasteiger partial charge in [-0.25, -0.2) is 0 Å². The summed E-state index contributed by atoms with van der Waals surface area (Å²) < 4.78 is 0. The van der Waals surface area contributed by atoms with E-state index in [1.54, 1.807) is 0 Å². The lowest BCUT2D eigenvalue weighted by atomic mass is 9.82. The van der Waals surface area contributed by atoms with E-state index in [2.05, 4.69) is 27.7 Å². The lowest BCUT2D eigenvalue weighted by Gasteiger charge is -2.48.